The minimum atomic E-state index is -0.777. The molecule has 0 fully saturated rings. The highest BCUT2D eigenvalue weighted by Gasteiger charge is 2.19. The molecule has 0 aromatic heterocycles. The average Bonchev–Trinajstić information content (AvgIpc) is 3.33. The van der Waals surface area contributed by atoms with Crippen LogP contribution < -0.4 is 0 Å². The molecule has 6 heteroatoms. The van der Waals surface area contributed by atoms with Gasteiger partial charge in [-0.3, -0.25) is 14.4 Å². The van der Waals surface area contributed by atoms with Gasteiger partial charge in [-0.1, -0.05) is 256 Å². The molecule has 0 radical (unpaired) electrons. The summed E-state index contributed by atoms with van der Waals surface area (Å²) in [7, 11) is 0. The first-order valence-electron chi connectivity index (χ1n) is 29.1. The third kappa shape index (κ3) is 54.2. The normalized spacial score (nSPS) is 12.3. The monoisotopic (exact) mass is 939 g/mol. The lowest BCUT2D eigenvalue weighted by atomic mass is 10.0. The Morgan fingerprint density at radius 2 is 0.582 bits per heavy atom. The first-order valence-corrected chi connectivity index (χ1v) is 29.1. The quantitative estimate of drug-likeness (QED) is 0.0262. The molecule has 0 spiro atoms. The maximum absolute atomic E-state index is 12.9. The molecule has 0 heterocycles. The summed E-state index contributed by atoms with van der Waals surface area (Å²) in [6.07, 6.45) is 68.1. The summed E-state index contributed by atoms with van der Waals surface area (Å²) < 4.78 is 16.9. The Morgan fingerprint density at radius 3 is 0.925 bits per heavy atom. The van der Waals surface area contributed by atoms with Gasteiger partial charge in [-0.05, 0) is 77.0 Å². The van der Waals surface area contributed by atoms with Crippen LogP contribution in [0, 0.1) is 0 Å². The molecule has 0 aliphatic carbocycles. The second-order valence-electron chi connectivity index (χ2n) is 19.5. The van der Waals surface area contributed by atoms with E-state index in [1.54, 1.807) is 0 Å². The van der Waals surface area contributed by atoms with E-state index in [-0.39, 0.29) is 31.1 Å². The van der Waals surface area contributed by atoms with Gasteiger partial charge in [-0.25, -0.2) is 0 Å². The Hall–Kier alpha value is -2.63. The Morgan fingerprint density at radius 1 is 0.313 bits per heavy atom. The van der Waals surface area contributed by atoms with Gasteiger partial charge in [-0.2, -0.15) is 0 Å². The van der Waals surface area contributed by atoms with Crippen LogP contribution in [0.1, 0.15) is 303 Å². The van der Waals surface area contributed by atoms with Crippen LogP contribution in [-0.4, -0.2) is 37.2 Å². The van der Waals surface area contributed by atoms with Crippen LogP contribution >= 0.6 is 0 Å². The minimum Gasteiger partial charge on any atom is -0.462 e. The van der Waals surface area contributed by atoms with Crippen molar-refractivity contribution >= 4 is 17.9 Å². The zero-order valence-corrected chi connectivity index (χ0v) is 44.7. The highest BCUT2D eigenvalue weighted by atomic mass is 16.6. The molecular formula is C61H110O6. The fourth-order valence-corrected chi connectivity index (χ4v) is 8.45. The van der Waals surface area contributed by atoms with Gasteiger partial charge in [0.2, 0.25) is 0 Å². The smallest absolute Gasteiger partial charge is 0.306 e. The van der Waals surface area contributed by atoms with Crippen LogP contribution in [0.5, 0.6) is 0 Å². The van der Waals surface area contributed by atoms with Gasteiger partial charge in [-0.15, -0.1) is 0 Å². The fourth-order valence-electron chi connectivity index (χ4n) is 8.45. The molecule has 0 aliphatic heterocycles. The standard InChI is InChI=1S/C61H110O6/c1-4-7-10-13-16-19-22-25-27-29-30-32-33-36-39-42-45-48-51-54-60(63)66-57-58(56-65-59(62)53-50-47-44-41-38-35-24-21-18-15-12-9-6-3)67-61(64)55-52-49-46-43-40-37-34-31-28-26-23-20-17-14-11-8-5-2/h8,11,17,20,25-28,58H,4-7,9-10,12-16,18-19,21-24,29-57H2,1-3H3/b11-8-,20-17-,27-25-,28-26-. The largest absolute Gasteiger partial charge is 0.462 e. The van der Waals surface area contributed by atoms with E-state index in [0.717, 1.165) is 83.5 Å². The molecule has 1 unspecified atom stereocenters. The number of hydrogen-bond acceptors (Lipinski definition) is 6. The van der Waals surface area contributed by atoms with Crippen molar-refractivity contribution in [3.8, 4) is 0 Å². The molecular weight excluding hydrogens is 829 g/mol. The van der Waals surface area contributed by atoms with Crippen LogP contribution in [0.25, 0.3) is 0 Å². The van der Waals surface area contributed by atoms with Gasteiger partial charge in [0.05, 0.1) is 0 Å². The second kappa shape index (κ2) is 56.0. The van der Waals surface area contributed by atoms with Crippen LogP contribution in [0.2, 0.25) is 0 Å². The Balaban J connectivity index is 4.34. The number of hydrogen-bond donors (Lipinski definition) is 0. The van der Waals surface area contributed by atoms with Crippen LogP contribution in [0.3, 0.4) is 0 Å². The van der Waals surface area contributed by atoms with Crippen molar-refractivity contribution in [2.45, 2.75) is 309 Å². The molecule has 390 valence electrons. The lowest BCUT2D eigenvalue weighted by Crippen LogP contribution is -2.30. The molecule has 0 saturated carbocycles. The van der Waals surface area contributed by atoms with Crippen LogP contribution in [0.4, 0.5) is 0 Å². The minimum absolute atomic E-state index is 0.0746. The van der Waals surface area contributed by atoms with E-state index in [4.69, 9.17) is 14.2 Å². The summed E-state index contributed by atoms with van der Waals surface area (Å²) in [6.45, 7) is 6.55. The van der Waals surface area contributed by atoms with E-state index in [2.05, 4.69) is 69.4 Å². The van der Waals surface area contributed by atoms with Gasteiger partial charge in [0.1, 0.15) is 13.2 Å². The summed E-state index contributed by atoms with van der Waals surface area (Å²) in [4.78, 5) is 38.2. The van der Waals surface area contributed by atoms with Crippen LogP contribution in [-0.2, 0) is 28.6 Å². The molecule has 0 N–H and O–H groups in total. The Bertz CT molecular complexity index is 1170. The molecule has 0 amide bonds. The number of ether oxygens (including phenoxy) is 3. The van der Waals surface area contributed by atoms with E-state index in [9.17, 15) is 14.4 Å². The predicted octanol–water partition coefficient (Wildman–Crippen LogP) is 19.4. The zero-order chi connectivity index (χ0) is 48.6. The van der Waals surface area contributed by atoms with Crippen molar-refractivity contribution in [2.24, 2.45) is 0 Å². The van der Waals surface area contributed by atoms with E-state index in [1.807, 2.05) is 0 Å². The highest BCUT2D eigenvalue weighted by molar-refractivity contribution is 5.71. The van der Waals surface area contributed by atoms with Crippen molar-refractivity contribution < 1.29 is 28.6 Å². The number of carbonyl (C=O) groups excluding carboxylic acids is 3. The number of carbonyl (C=O) groups is 3. The lowest BCUT2D eigenvalue weighted by molar-refractivity contribution is -0.167. The van der Waals surface area contributed by atoms with Crippen molar-refractivity contribution in [3.05, 3.63) is 48.6 Å². The molecule has 67 heavy (non-hydrogen) atoms. The van der Waals surface area contributed by atoms with Gasteiger partial charge in [0.25, 0.3) is 0 Å². The fraction of sp³-hybridized carbons (Fsp3) is 0.820. The third-order valence-electron chi connectivity index (χ3n) is 12.8. The van der Waals surface area contributed by atoms with Crippen molar-refractivity contribution in [1.82, 2.24) is 0 Å². The molecule has 1 atom stereocenters. The molecule has 0 aliphatic rings. The molecule has 0 aromatic rings. The number of esters is 3. The molecule has 0 bridgehead atoms. The second-order valence-corrected chi connectivity index (χ2v) is 19.5. The average molecular weight is 940 g/mol. The van der Waals surface area contributed by atoms with E-state index in [1.165, 1.54) is 180 Å². The van der Waals surface area contributed by atoms with Crippen molar-refractivity contribution in [1.29, 1.82) is 0 Å². The topological polar surface area (TPSA) is 78.9 Å². The summed E-state index contributed by atoms with van der Waals surface area (Å²) in [5.41, 5.74) is 0. The molecule has 0 saturated heterocycles. The maximum atomic E-state index is 12.9. The van der Waals surface area contributed by atoms with E-state index in [0.29, 0.717) is 19.3 Å². The van der Waals surface area contributed by atoms with Gasteiger partial charge in [0.15, 0.2) is 6.10 Å². The van der Waals surface area contributed by atoms with Crippen molar-refractivity contribution in [3.63, 3.8) is 0 Å². The number of allylic oxidation sites excluding steroid dienone is 8. The first kappa shape index (κ1) is 64.4. The van der Waals surface area contributed by atoms with Gasteiger partial charge < -0.3 is 14.2 Å². The Labute approximate surface area is 416 Å². The summed E-state index contributed by atoms with van der Waals surface area (Å²) in [5.74, 6) is -0.872. The van der Waals surface area contributed by atoms with Crippen molar-refractivity contribution in [2.75, 3.05) is 13.2 Å². The van der Waals surface area contributed by atoms with Gasteiger partial charge in [0, 0.05) is 19.3 Å². The zero-order valence-electron chi connectivity index (χ0n) is 44.7. The first-order chi connectivity index (χ1) is 33.0. The van der Waals surface area contributed by atoms with E-state index >= 15 is 0 Å². The number of rotatable bonds is 53. The number of unbranched alkanes of at least 4 members (excludes halogenated alkanes) is 34. The predicted molar refractivity (Wildman–Crippen MR) is 289 cm³/mol. The molecule has 6 nitrogen and oxygen atoms in total. The summed E-state index contributed by atoms with van der Waals surface area (Å²) in [6, 6.07) is 0. The molecule has 0 rings (SSSR count). The van der Waals surface area contributed by atoms with Gasteiger partial charge >= 0.3 is 17.9 Å². The van der Waals surface area contributed by atoms with E-state index < -0.39 is 6.10 Å². The highest BCUT2D eigenvalue weighted by Crippen LogP contribution is 2.16. The van der Waals surface area contributed by atoms with Crippen LogP contribution in [0.15, 0.2) is 48.6 Å². The summed E-state index contributed by atoms with van der Waals surface area (Å²) >= 11 is 0. The maximum Gasteiger partial charge on any atom is 0.306 e. The summed E-state index contributed by atoms with van der Waals surface area (Å²) in [5, 5.41) is 0. The Kier molecular flexibility index (Phi) is 53.8. The lowest BCUT2D eigenvalue weighted by Gasteiger charge is -2.18. The SMILES string of the molecule is CC/C=C\C/C=C\C/C=C\CCCCCCCCCC(=O)OC(COC(=O)CCCCCCCCCCC/C=C\CCCCCCCC)COC(=O)CCCCCCCCCCCCCCC. The molecule has 0 aromatic carbocycles. The third-order valence-corrected chi connectivity index (χ3v) is 12.8.